The molecular formula is C22H20ClN5O3. The molecule has 0 radical (unpaired) electrons. The molecule has 1 aromatic carbocycles. The van der Waals surface area contributed by atoms with Crippen LogP contribution in [-0.4, -0.2) is 49.3 Å². The summed E-state index contributed by atoms with van der Waals surface area (Å²) in [6, 6.07) is 11.8. The first kappa shape index (κ1) is 19.7. The van der Waals surface area contributed by atoms with E-state index in [4.69, 9.17) is 11.6 Å². The highest BCUT2D eigenvalue weighted by Gasteiger charge is 2.56. The molecule has 1 N–H and O–H groups in total. The Morgan fingerprint density at radius 1 is 1.13 bits per heavy atom. The summed E-state index contributed by atoms with van der Waals surface area (Å²) in [6.45, 7) is 1.43. The van der Waals surface area contributed by atoms with Gasteiger partial charge in [0.2, 0.25) is 11.8 Å². The van der Waals surface area contributed by atoms with E-state index in [1.54, 1.807) is 27.8 Å². The highest BCUT2D eigenvalue weighted by Crippen LogP contribution is 2.48. The van der Waals surface area contributed by atoms with Gasteiger partial charge in [0.25, 0.3) is 0 Å². The number of benzene rings is 1. The molecule has 3 heterocycles. The van der Waals surface area contributed by atoms with Crippen LogP contribution in [0.2, 0.25) is 5.15 Å². The summed E-state index contributed by atoms with van der Waals surface area (Å²) in [5.41, 5.74) is 1.06. The van der Waals surface area contributed by atoms with E-state index in [0.717, 1.165) is 17.3 Å². The van der Waals surface area contributed by atoms with Gasteiger partial charge < -0.3 is 10.2 Å². The molecule has 1 aliphatic carbocycles. The number of rotatable bonds is 5. The average molecular weight is 438 g/mol. The average Bonchev–Trinajstić information content (AvgIpc) is 3.24. The quantitative estimate of drug-likeness (QED) is 0.489. The number of para-hydroxylation sites is 1. The van der Waals surface area contributed by atoms with Gasteiger partial charge in [0.1, 0.15) is 29.3 Å². The second kappa shape index (κ2) is 7.46. The molecule has 9 heteroatoms. The predicted molar refractivity (Wildman–Crippen MR) is 115 cm³/mol. The molecule has 158 valence electrons. The molecule has 1 aliphatic heterocycles. The van der Waals surface area contributed by atoms with E-state index in [2.05, 4.69) is 15.4 Å². The third kappa shape index (κ3) is 3.57. The Bertz CT molecular complexity index is 1220. The van der Waals surface area contributed by atoms with Crippen molar-refractivity contribution in [1.29, 1.82) is 0 Å². The van der Waals surface area contributed by atoms with Crippen molar-refractivity contribution in [3.63, 3.8) is 0 Å². The van der Waals surface area contributed by atoms with Crippen LogP contribution in [-0.2, 0) is 16.1 Å². The molecule has 2 fully saturated rings. The normalized spacial score (nSPS) is 21.7. The van der Waals surface area contributed by atoms with Crippen molar-refractivity contribution in [1.82, 2.24) is 19.7 Å². The molecule has 3 aromatic rings. The number of carbonyl (C=O) groups excluding carboxylic acids is 3. The number of halogens is 1. The Hall–Kier alpha value is -3.26. The minimum Gasteiger partial charge on any atom is -0.326 e. The molecule has 1 saturated carbocycles. The van der Waals surface area contributed by atoms with Crippen LogP contribution in [0.3, 0.4) is 0 Å². The molecule has 2 aliphatic rings. The maximum atomic E-state index is 13.3. The number of nitrogens with one attached hydrogen (secondary N) is 1. The zero-order valence-corrected chi connectivity index (χ0v) is 17.5. The van der Waals surface area contributed by atoms with Crippen molar-refractivity contribution >= 4 is 45.9 Å². The summed E-state index contributed by atoms with van der Waals surface area (Å²) < 4.78 is 1.55. The number of piperidine rings is 1. The van der Waals surface area contributed by atoms with E-state index in [0.29, 0.717) is 23.9 Å². The van der Waals surface area contributed by atoms with Crippen LogP contribution < -0.4 is 5.32 Å². The summed E-state index contributed by atoms with van der Waals surface area (Å²) in [4.78, 5) is 43.9. The van der Waals surface area contributed by atoms with E-state index in [1.165, 1.54) is 6.92 Å². The van der Waals surface area contributed by atoms with Crippen LogP contribution >= 0.6 is 11.6 Å². The standard InChI is InChI=1S/C22H20ClN5O3/c1-12(29)21-14-5-2-3-6-15(14)27(26-21)11-20(30)28-16-9-13(16)10-17(28)22(31)25-19-8-4-7-18(23)24-19/h2-8,13,16-17H,9-11H2,1H3,(H,24,25,31)/t13-,16-,17+/m1/s1. The largest absolute Gasteiger partial charge is 0.326 e. The number of amides is 2. The summed E-state index contributed by atoms with van der Waals surface area (Å²) >= 11 is 5.90. The first-order chi connectivity index (χ1) is 14.9. The minimum absolute atomic E-state index is 0.0315. The lowest BCUT2D eigenvalue weighted by atomic mass is 10.1. The third-order valence-electron chi connectivity index (χ3n) is 5.94. The van der Waals surface area contributed by atoms with Crippen LogP contribution in [0, 0.1) is 5.92 Å². The van der Waals surface area contributed by atoms with Gasteiger partial charge in [-0.25, -0.2) is 4.98 Å². The summed E-state index contributed by atoms with van der Waals surface area (Å²) in [7, 11) is 0. The first-order valence-corrected chi connectivity index (χ1v) is 10.5. The maximum absolute atomic E-state index is 13.3. The van der Waals surface area contributed by atoms with Gasteiger partial charge in [0.05, 0.1) is 5.52 Å². The van der Waals surface area contributed by atoms with Crippen molar-refractivity contribution in [2.75, 3.05) is 5.32 Å². The minimum atomic E-state index is -0.564. The van der Waals surface area contributed by atoms with Gasteiger partial charge in [-0.2, -0.15) is 5.10 Å². The number of Topliss-reactive ketones (excluding diaryl/α,β-unsaturated/α-hetero) is 1. The number of anilines is 1. The van der Waals surface area contributed by atoms with Crippen molar-refractivity contribution < 1.29 is 14.4 Å². The number of aromatic nitrogens is 3. The second-order valence-electron chi connectivity index (χ2n) is 8.03. The van der Waals surface area contributed by atoms with E-state index in [9.17, 15) is 14.4 Å². The molecule has 31 heavy (non-hydrogen) atoms. The van der Waals surface area contributed by atoms with Gasteiger partial charge in [0, 0.05) is 18.4 Å². The van der Waals surface area contributed by atoms with Crippen molar-refractivity contribution in [2.24, 2.45) is 5.92 Å². The number of fused-ring (bicyclic) bond motifs is 2. The van der Waals surface area contributed by atoms with Crippen LogP contribution in [0.1, 0.15) is 30.3 Å². The Morgan fingerprint density at radius 2 is 1.94 bits per heavy atom. The highest BCUT2D eigenvalue weighted by atomic mass is 35.5. The van der Waals surface area contributed by atoms with Gasteiger partial charge in [-0.3, -0.25) is 19.1 Å². The molecule has 2 amide bonds. The fraction of sp³-hybridized carbons (Fsp3) is 0.318. The van der Waals surface area contributed by atoms with Crippen LogP contribution in [0.4, 0.5) is 5.82 Å². The molecular weight excluding hydrogens is 418 g/mol. The number of hydrogen-bond donors (Lipinski definition) is 1. The fourth-order valence-electron chi connectivity index (χ4n) is 4.45. The van der Waals surface area contributed by atoms with Gasteiger partial charge >= 0.3 is 0 Å². The fourth-order valence-corrected chi connectivity index (χ4v) is 4.62. The summed E-state index contributed by atoms with van der Waals surface area (Å²) in [5.74, 6) is 0.0820. The second-order valence-corrected chi connectivity index (χ2v) is 8.42. The zero-order valence-electron chi connectivity index (χ0n) is 16.8. The van der Waals surface area contributed by atoms with Gasteiger partial charge in [-0.1, -0.05) is 35.9 Å². The van der Waals surface area contributed by atoms with E-state index in [-0.39, 0.29) is 35.3 Å². The predicted octanol–water partition coefficient (Wildman–Crippen LogP) is 2.92. The number of nitrogens with zero attached hydrogens (tertiary/aromatic N) is 4. The molecule has 0 bridgehead atoms. The van der Waals surface area contributed by atoms with E-state index >= 15 is 0 Å². The molecule has 0 unspecified atom stereocenters. The number of pyridine rings is 1. The number of hydrogen-bond acceptors (Lipinski definition) is 5. The maximum Gasteiger partial charge on any atom is 0.248 e. The van der Waals surface area contributed by atoms with E-state index < -0.39 is 6.04 Å². The molecule has 1 saturated heterocycles. The SMILES string of the molecule is CC(=O)c1nn(CC(=O)N2[C@@H]3C[C@@H]3C[C@H]2C(=O)Nc2cccc(Cl)n2)c2ccccc12. The molecule has 3 atom stereocenters. The van der Waals surface area contributed by atoms with Crippen LogP contribution in [0.5, 0.6) is 0 Å². The van der Waals surface area contributed by atoms with Crippen molar-refractivity contribution in [3.05, 3.63) is 53.3 Å². The summed E-state index contributed by atoms with van der Waals surface area (Å²) in [6.07, 6.45) is 1.53. The lowest BCUT2D eigenvalue weighted by Crippen LogP contribution is -2.46. The Morgan fingerprint density at radius 3 is 2.71 bits per heavy atom. The Labute approximate surface area is 183 Å². The molecule has 0 spiro atoms. The number of carbonyl (C=O) groups is 3. The molecule has 8 nitrogen and oxygen atoms in total. The monoisotopic (exact) mass is 437 g/mol. The Kier molecular flexibility index (Phi) is 4.74. The number of ketones is 1. The summed E-state index contributed by atoms with van der Waals surface area (Å²) in [5, 5.41) is 8.15. The van der Waals surface area contributed by atoms with E-state index in [1.807, 2.05) is 24.3 Å². The van der Waals surface area contributed by atoms with Gasteiger partial charge in [-0.05, 0) is 37.0 Å². The van der Waals surface area contributed by atoms with Gasteiger partial charge in [-0.15, -0.1) is 0 Å². The highest BCUT2D eigenvalue weighted by molar-refractivity contribution is 6.29. The number of likely N-dealkylation sites (tertiary alicyclic amines) is 1. The molecule has 2 aromatic heterocycles. The third-order valence-corrected chi connectivity index (χ3v) is 6.15. The lowest BCUT2D eigenvalue weighted by Gasteiger charge is -2.26. The topological polar surface area (TPSA) is 97.2 Å². The smallest absolute Gasteiger partial charge is 0.248 e. The van der Waals surface area contributed by atoms with Crippen LogP contribution in [0.15, 0.2) is 42.5 Å². The molecule has 5 rings (SSSR count). The first-order valence-electron chi connectivity index (χ1n) is 10.1. The van der Waals surface area contributed by atoms with Gasteiger partial charge in [0.15, 0.2) is 5.78 Å². The van der Waals surface area contributed by atoms with Crippen LogP contribution in [0.25, 0.3) is 10.9 Å². The Balaban J connectivity index is 1.38. The van der Waals surface area contributed by atoms with Crippen molar-refractivity contribution in [2.45, 2.75) is 38.4 Å². The lowest BCUT2D eigenvalue weighted by molar-refractivity contribution is -0.138. The zero-order chi connectivity index (χ0) is 21.7. The van der Waals surface area contributed by atoms with Crippen molar-refractivity contribution in [3.8, 4) is 0 Å².